The molecule has 0 bridgehead atoms. The van der Waals surface area contributed by atoms with Gasteiger partial charge in [-0.2, -0.15) is 0 Å². The van der Waals surface area contributed by atoms with Gasteiger partial charge in [0.05, 0.1) is 5.88 Å². The predicted molar refractivity (Wildman–Crippen MR) is 83.1 cm³/mol. The van der Waals surface area contributed by atoms with E-state index in [1.54, 1.807) is 0 Å². The van der Waals surface area contributed by atoms with Crippen LogP contribution in [0.3, 0.4) is 0 Å². The fourth-order valence-electron chi connectivity index (χ4n) is 3.23. The Morgan fingerprint density at radius 3 is 2.74 bits per heavy atom. The molecular weight excluding hydrogens is 256 g/mol. The lowest BCUT2D eigenvalue weighted by molar-refractivity contribution is 0.335. The number of anilines is 1. The summed E-state index contributed by atoms with van der Waals surface area (Å²) in [5, 5.41) is 0. The van der Waals surface area contributed by atoms with Crippen molar-refractivity contribution in [3.05, 3.63) is 22.9 Å². The molecule has 2 rings (SSSR count). The van der Waals surface area contributed by atoms with Gasteiger partial charge in [0, 0.05) is 24.3 Å². The van der Waals surface area contributed by atoms with Crippen molar-refractivity contribution in [2.75, 3.05) is 11.9 Å². The van der Waals surface area contributed by atoms with E-state index in [0.29, 0.717) is 11.9 Å². The number of pyridine rings is 1. The Morgan fingerprint density at radius 1 is 1.37 bits per heavy atom. The zero-order valence-corrected chi connectivity index (χ0v) is 13.3. The number of hydrogen-bond acceptors (Lipinski definition) is 2. The monoisotopic (exact) mass is 280 g/mol. The van der Waals surface area contributed by atoms with Gasteiger partial charge in [0.2, 0.25) is 0 Å². The van der Waals surface area contributed by atoms with Crippen LogP contribution in [0.2, 0.25) is 0 Å². The van der Waals surface area contributed by atoms with Gasteiger partial charge < -0.3 is 4.90 Å². The second-order valence-electron chi connectivity index (χ2n) is 6.05. The summed E-state index contributed by atoms with van der Waals surface area (Å²) < 4.78 is 0. The van der Waals surface area contributed by atoms with Crippen LogP contribution in [0.5, 0.6) is 0 Å². The number of aromatic nitrogens is 1. The van der Waals surface area contributed by atoms with Crippen LogP contribution < -0.4 is 4.90 Å². The van der Waals surface area contributed by atoms with E-state index < -0.39 is 0 Å². The minimum absolute atomic E-state index is 0.543. The van der Waals surface area contributed by atoms with Crippen molar-refractivity contribution in [2.24, 2.45) is 5.92 Å². The Hall–Kier alpha value is -0.760. The molecule has 0 saturated heterocycles. The minimum Gasteiger partial charge on any atom is -0.356 e. The molecule has 0 aromatic carbocycles. The SMILES string of the molecule is Cc1cc(C)c(CCl)c(N(C)C2CCCC(C)C2)n1. The normalized spacial score (nSPS) is 23.4. The molecule has 1 saturated carbocycles. The molecule has 1 aromatic heterocycles. The molecule has 3 heteroatoms. The van der Waals surface area contributed by atoms with E-state index >= 15 is 0 Å². The van der Waals surface area contributed by atoms with E-state index in [-0.39, 0.29) is 0 Å². The third-order valence-corrected chi connectivity index (χ3v) is 4.64. The summed E-state index contributed by atoms with van der Waals surface area (Å²) in [6.45, 7) is 6.55. The predicted octanol–water partition coefficient (Wildman–Crippen LogP) is 4.45. The van der Waals surface area contributed by atoms with Gasteiger partial charge in [-0.3, -0.25) is 0 Å². The third kappa shape index (κ3) is 3.22. The summed E-state index contributed by atoms with van der Waals surface area (Å²) in [5.41, 5.74) is 3.53. The molecule has 2 atom stereocenters. The first kappa shape index (κ1) is 14.6. The van der Waals surface area contributed by atoms with Crippen LogP contribution in [-0.4, -0.2) is 18.1 Å². The molecule has 1 aliphatic carbocycles. The molecule has 0 aliphatic heterocycles. The molecule has 1 aromatic rings. The maximum atomic E-state index is 6.13. The Bertz CT molecular complexity index is 445. The van der Waals surface area contributed by atoms with E-state index in [4.69, 9.17) is 16.6 Å². The van der Waals surface area contributed by atoms with Crippen molar-refractivity contribution in [1.29, 1.82) is 0 Å². The van der Waals surface area contributed by atoms with Crippen LogP contribution in [0.4, 0.5) is 5.82 Å². The zero-order chi connectivity index (χ0) is 14.0. The van der Waals surface area contributed by atoms with Gasteiger partial charge in [-0.1, -0.05) is 19.8 Å². The van der Waals surface area contributed by atoms with Crippen molar-refractivity contribution in [2.45, 2.75) is 58.4 Å². The molecule has 0 spiro atoms. The van der Waals surface area contributed by atoms with Gasteiger partial charge in [-0.15, -0.1) is 11.6 Å². The Labute approximate surface area is 122 Å². The number of rotatable bonds is 3. The fourth-order valence-corrected chi connectivity index (χ4v) is 3.56. The maximum absolute atomic E-state index is 6.13. The van der Waals surface area contributed by atoms with Crippen LogP contribution in [0.1, 0.15) is 49.4 Å². The summed E-state index contributed by atoms with van der Waals surface area (Å²) in [6.07, 6.45) is 5.24. The average Bonchev–Trinajstić information content (AvgIpc) is 2.37. The first-order valence-corrected chi connectivity index (χ1v) is 7.82. The van der Waals surface area contributed by atoms with Gasteiger partial charge in [0.1, 0.15) is 5.82 Å². The highest BCUT2D eigenvalue weighted by Crippen LogP contribution is 2.31. The number of nitrogens with zero attached hydrogens (tertiary/aromatic N) is 2. The van der Waals surface area contributed by atoms with Crippen molar-refractivity contribution < 1.29 is 0 Å². The molecule has 2 unspecified atom stereocenters. The molecular formula is C16H25ClN2. The molecule has 0 radical (unpaired) electrons. The third-order valence-electron chi connectivity index (χ3n) is 4.38. The van der Waals surface area contributed by atoms with Crippen LogP contribution in [0.15, 0.2) is 6.07 Å². The summed E-state index contributed by atoms with van der Waals surface area (Å²) in [5.74, 6) is 2.46. The Balaban J connectivity index is 2.29. The smallest absolute Gasteiger partial charge is 0.133 e. The van der Waals surface area contributed by atoms with Gasteiger partial charge in [0.25, 0.3) is 0 Å². The minimum atomic E-state index is 0.543. The molecule has 1 heterocycles. The molecule has 2 nitrogen and oxygen atoms in total. The lowest BCUT2D eigenvalue weighted by Crippen LogP contribution is -2.36. The Morgan fingerprint density at radius 2 is 2.11 bits per heavy atom. The zero-order valence-electron chi connectivity index (χ0n) is 12.5. The van der Waals surface area contributed by atoms with Crippen molar-refractivity contribution in [1.82, 2.24) is 4.98 Å². The highest BCUT2D eigenvalue weighted by molar-refractivity contribution is 6.17. The van der Waals surface area contributed by atoms with Crippen LogP contribution in [-0.2, 0) is 5.88 Å². The first-order valence-electron chi connectivity index (χ1n) is 7.28. The van der Waals surface area contributed by atoms with E-state index in [2.05, 4.69) is 38.8 Å². The lowest BCUT2D eigenvalue weighted by atomic mass is 9.86. The molecule has 1 aliphatic rings. The van der Waals surface area contributed by atoms with Crippen LogP contribution >= 0.6 is 11.6 Å². The summed E-state index contributed by atoms with van der Waals surface area (Å²) in [7, 11) is 2.18. The van der Waals surface area contributed by atoms with Gasteiger partial charge in [0.15, 0.2) is 0 Å². The van der Waals surface area contributed by atoms with Crippen molar-refractivity contribution in [3.63, 3.8) is 0 Å². The summed E-state index contributed by atoms with van der Waals surface area (Å²) in [6, 6.07) is 2.73. The largest absolute Gasteiger partial charge is 0.356 e. The van der Waals surface area contributed by atoms with Gasteiger partial charge in [-0.05, 0) is 44.2 Å². The standard InChI is InChI=1S/C16H25ClN2/c1-11-6-5-7-14(8-11)19(4)16-15(10-17)12(2)9-13(3)18-16/h9,11,14H,5-8,10H2,1-4H3. The fraction of sp³-hybridized carbons (Fsp3) is 0.688. The van der Waals surface area contributed by atoms with E-state index in [9.17, 15) is 0 Å². The maximum Gasteiger partial charge on any atom is 0.133 e. The molecule has 106 valence electrons. The van der Waals surface area contributed by atoms with Gasteiger partial charge >= 0.3 is 0 Å². The second kappa shape index (κ2) is 6.13. The van der Waals surface area contributed by atoms with E-state index in [0.717, 1.165) is 17.4 Å². The number of aryl methyl sites for hydroxylation is 2. The molecule has 19 heavy (non-hydrogen) atoms. The number of hydrogen-bond donors (Lipinski definition) is 0. The lowest BCUT2D eigenvalue weighted by Gasteiger charge is -2.36. The second-order valence-corrected chi connectivity index (χ2v) is 6.32. The topological polar surface area (TPSA) is 16.1 Å². The van der Waals surface area contributed by atoms with Crippen LogP contribution in [0, 0.1) is 19.8 Å². The first-order chi connectivity index (χ1) is 9.02. The quantitative estimate of drug-likeness (QED) is 0.761. The average molecular weight is 281 g/mol. The highest BCUT2D eigenvalue weighted by atomic mass is 35.5. The van der Waals surface area contributed by atoms with E-state index in [1.807, 2.05) is 0 Å². The summed E-state index contributed by atoms with van der Waals surface area (Å²) >= 11 is 6.13. The van der Waals surface area contributed by atoms with Crippen molar-refractivity contribution >= 4 is 17.4 Å². The number of halogens is 1. The van der Waals surface area contributed by atoms with Gasteiger partial charge in [-0.25, -0.2) is 4.98 Å². The van der Waals surface area contributed by atoms with E-state index in [1.165, 1.54) is 36.8 Å². The van der Waals surface area contributed by atoms with Crippen LogP contribution in [0.25, 0.3) is 0 Å². The number of alkyl halides is 1. The van der Waals surface area contributed by atoms with Crippen molar-refractivity contribution in [3.8, 4) is 0 Å². The molecule has 0 N–H and O–H groups in total. The summed E-state index contributed by atoms with van der Waals surface area (Å²) in [4.78, 5) is 7.11. The highest BCUT2D eigenvalue weighted by Gasteiger charge is 2.25. The molecule has 1 fully saturated rings. The molecule has 0 amide bonds. The Kier molecular flexibility index (Phi) is 4.72.